The van der Waals surface area contributed by atoms with Crippen LogP contribution in [0.4, 0.5) is 0 Å². The number of aliphatic carboxylic acids is 1. The Morgan fingerprint density at radius 2 is 2.38 bits per heavy atom. The summed E-state index contributed by atoms with van der Waals surface area (Å²) >= 11 is 6.70. The van der Waals surface area contributed by atoms with Gasteiger partial charge in [0.1, 0.15) is 5.88 Å². The Morgan fingerprint density at radius 1 is 1.69 bits per heavy atom. The van der Waals surface area contributed by atoms with Crippen LogP contribution in [0.3, 0.4) is 0 Å². The molecule has 16 heavy (non-hydrogen) atoms. The van der Waals surface area contributed by atoms with Gasteiger partial charge in [0.05, 0.1) is 12.0 Å². The Balaban J connectivity index is 2.70. The summed E-state index contributed by atoms with van der Waals surface area (Å²) in [5, 5.41) is 11.8. The minimum Gasteiger partial charge on any atom is -0.481 e. The topological polar surface area (TPSA) is 78.8 Å². The zero-order valence-corrected chi connectivity index (χ0v) is 10.4. The van der Waals surface area contributed by atoms with Crippen LogP contribution in [0.2, 0.25) is 0 Å². The van der Waals surface area contributed by atoms with Gasteiger partial charge in [-0.1, -0.05) is 18.7 Å². The Bertz CT molecular complexity index is 335. The molecule has 5 nitrogen and oxygen atoms in total. The Hall–Kier alpha value is -0.750. The number of aliphatic imine (C=N–C) groups is 1. The van der Waals surface area contributed by atoms with E-state index in [1.807, 2.05) is 6.92 Å². The number of halogens is 1. The lowest BCUT2D eigenvalue weighted by Crippen LogP contribution is -2.31. The monoisotopic (exact) mass is 264 g/mol. The third-order valence-corrected chi connectivity index (χ3v) is 3.71. The van der Waals surface area contributed by atoms with Gasteiger partial charge in [0.2, 0.25) is 5.91 Å². The van der Waals surface area contributed by atoms with Gasteiger partial charge < -0.3 is 10.4 Å². The molecule has 0 aromatic rings. The molecule has 0 radical (unpaired) electrons. The lowest BCUT2D eigenvalue weighted by Gasteiger charge is -2.20. The van der Waals surface area contributed by atoms with E-state index in [4.69, 9.17) is 16.7 Å². The van der Waals surface area contributed by atoms with Gasteiger partial charge in [0.25, 0.3) is 0 Å². The molecule has 0 fully saturated rings. The van der Waals surface area contributed by atoms with Crippen LogP contribution >= 0.6 is 23.4 Å². The molecule has 1 rings (SSSR count). The number of alkyl halides is 1. The van der Waals surface area contributed by atoms with Gasteiger partial charge in [-0.2, -0.15) is 0 Å². The maximum Gasteiger partial charge on any atom is 0.305 e. The first kappa shape index (κ1) is 13.3. The number of hydrogen-bond acceptors (Lipinski definition) is 4. The number of hydrogen-bond donors (Lipinski definition) is 2. The molecule has 90 valence electrons. The van der Waals surface area contributed by atoms with Gasteiger partial charge in [0, 0.05) is 5.75 Å². The van der Waals surface area contributed by atoms with Crippen LogP contribution in [0.5, 0.6) is 0 Å². The fourth-order valence-electron chi connectivity index (χ4n) is 1.38. The smallest absolute Gasteiger partial charge is 0.305 e. The molecule has 1 amide bonds. The van der Waals surface area contributed by atoms with Crippen molar-refractivity contribution in [3.63, 3.8) is 0 Å². The van der Waals surface area contributed by atoms with Gasteiger partial charge in [-0.25, -0.2) is 0 Å². The van der Waals surface area contributed by atoms with Gasteiger partial charge in [0.15, 0.2) is 5.17 Å². The second-order valence-electron chi connectivity index (χ2n) is 3.54. The standard InChI is InChI=1S/C9H13ClN2O3S/c1-2-9(3-7(14)15)5-16-8(12-9)11-6(13)4-10/h2-5H2,1H3,(H,14,15)(H,11,12,13). The van der Waals surface area contributed by atoms with Gasteiger partial charge in [-0.15, -0.1) is 11.6 Å². The minimum absolute atomic E-state index is 0.0171. The second kappa shape index (κ2) is 5.54. The van der Waals surface area contributed by atoms with Gasteiger partial charge in [-0.3, -0.25) is 14.6 Å². The first-order chi connectivity index (χ1) is 7.51. The highest BCUT2D eigenvalue weighted by molar-refractivity contribution is 8.14. The maximum absolute atomic E-state index is 11.0. The van der Waals surface area contributed by atoms with E-state index in [1.165, 1.54) is 11.8 Å². The molecule has 1 atom stereocenters. The molecule has 1 unspecified atom stereocenters. The average molecular weight is 265 g/mol. The molecule has 1 aliphatic rings. The van der Waals surface area contributed by atoms with Crippen molar-refractivity contribution in [2.24, 2.45) is 4.99 Å². The van der Waals surface area contributed by atoms with Crippen molar-refractivity contribution >= 4 is 40.4 Å². The number of rotatable bonds is 4. The number of carboxylic acid groups (broad SMARTS) is 1. The summed E-state index contributed by atoms with van der Waals surface area (Å²) < 4.78 is 0. The zero-order chi connectivity index (χ0) is 12.2. The van der Waals surface area contributed by atoms with Crippen molar-refractivity contribution in [3.8, 4) is 0 Å². The predicted molar refractivity (Wildman–Crippen MR) is 64.0 cm³/mol. The lowest BCUT2D eigenvalue weighted by molar-refractivity contribution is -0.138. The van der Waals surface area contributed by atoms with Crippen LogP contribution in [0.25, 0.3) is 0 Å². The van der Waals surface area contributed by atoms with E-state index in [-0.39, 0.29) is 18.2 Å². The predicted octanol–water partition coefficient (Wildman–Crippen LogP) is 1.07. The quantitative estimate of drug-likeness (QED) is 0.745. The normalized spacial score (nSPS) is 24.0. The lowest BCUT2D eigenvalue weighted by atomic mass is 9.95. The number of nitrogens with zero attached hydrogens (tertiary/aromatic N) is 1. The highest BCUT2D eigenvalue weighted by atomic mass is 35.5. The van der Waals surface area contributed by atoms with E-state index in [9.17, 15) is 9.59 Å². The highest BCUT2D eigenvalue weighted by Crippen LogP contribution is 2.32. The molecule has 7 heteroatoms. The molecule has 1 heterocycles. The molecule has 0 saturated carbocycles. The fraction of sp³-hybridized carbons (Fsp3) is 0.667. The number of nitrogens with one attached hydrogen (secondary N) is 1. The van der Waals surface area contributed by atoms with E-state index in [1.54, 1.807) is 0 Å². The number of carbonyl (C=O) groups is 2. The molecular formula is C9H13ClN2O3S. The Labute approximate surface area is 103 Å². The van der Waals surface area contributed by atoms with Crippen LogP contribution < -0.4 is 5.32 Å². The third kappa shape index (κ3) is 3.38. The average Bonchev–Trinajstić information content (AvgIpc) is 2.61. The summed E-state index contributed by atoms with van der Waals surface area (Å²) in [5.74, 6) is -0.753. The van der Waals surface area contributed by atoms with Gasteiger partial charge in [-0.05, 0) is 6.42 Å². The molecular weight excluding hydrogens is 252 g/mol. The number of amides is 1. The molecule has 0 aromatic carbocycles. The van der Waals surface area contributed by atoms with Crippen LogP contribution in [0.1, 0.15) is 19.8 Å². The van der Waals surface area contributed by atoms with Crippen molar-refractivity contribution in [3.05, 3.63) is 0 Å². The van der Waals surface area contributed by atoms with Crippen LogP contribution in [-0.4, -0.2) is 39.3 Å². The van der Waals surface area contributed by atoms with E-state index >= 15 is 0 Å². The minimum atomic E-state index is -0.879. The van der Waals surface area contributed by atoms with E-state index in [2.05, 4.69) is 10.3 Å². The zero-order valence-electron chi connectivity index (χ0n) is 8.83. The molecule has 0 aliphatic carbocycles. The van der Waals surface area contributed by atoms with Crippen LogP contribution in [0, 0.1) is 0 Å². The van der Waals surface area contributed by atoms with E-state index in [0.29, 0.717) is 17.3 Å². The summed E-state index contributed by atoms with van der Waals surface area (Å²) in [6, 6.07) is 0. The van der Waals surface area contributed by atoms with Crippen LogP contribution in [0.15, 0.2) is 4.99 Å². The SMILES string of the molecule is CCC1(CC(=O)O)CSC(NC(=O)CCl)=N1. The molecule has 0 spiro atoms. The van der Waals surface area contributed by atoms with Crippen LogP contribution in [-0.2, 0) is 9.59 Å². The first-order valence-electron chi connectivity index (χ1n) is 4.81. The number of carbonyl (C=O) groups excluding carboxylic acids is 1. The van der Waals surface area contributed by atoms with E-state index < -0.39 is 11.5 Å². The summed E-state index contributed by atoms with van der Waals surface area (Å²) in [4.78, 5) is 26.0. The molecule has 1 aliphatic heterocycles. The van der Waals surface area contributed by atoms with Crippen molar-refractivity contribution in [1.29, 1.82) is 0 Å². The molecule has 0 aromatic heterocycles. The second-order valence-corrected chi connectivity index (χ2v) is 4.77. The summed E-state index contributed by atoms with van der Waals surface area (Å²) in [5.41, 5.74) is -0.592. The van der Waals surface area contributed by atoms with Crippen molar-refractivity contribution in [2.45, 2.75) is 25.3 Å². The number of carboxylic acids is 1. The third-order valence-electron chi connectivity index (χ3n) is 2.32. The van der Waals surface area contributed by atoms with E-state index in [0.717, 1.165) is 0 Å². The van der Waals surface area contributed by atoms with Crippen molar-refractivity contribution < 1.29 is 14.7 Å². The number of amidine groups is 1. The highest BCUT2D eigenvalue weighted by Gasteiger charge is 2.36. The van der Waals surface area contributed by atoms with Crippen molar-refractivity contribution in [1.82, 2.24) is 5.32 Å². The largest absolute Gasteiger partial charge is 0.481 e. The summed E-state index contributed by atoms with van der Waals surface area (Å²) in [7, 11) is 0. The molecule has 0 saturated heterocycles. The Kier molecular flexibility index (Phi) is 4.61. The number of thioether (sulfide) groups is 1. The first-order valence-corrected chi connectivity index (χ1v) is 6.33. The fourth-order valence-corrected chi connectivity index (χ4v) is 2.66. The van der Waals surface area contributed by atoms with Crippen molar-refractivity contribution in [2.75, 3.05) is 11.6 Å². The molecule has 0 bridgehead atoms. The maximum atomic E-state index is 11.0. The summed E-state index contributed by atoms with van der Waals surface area (Å²) in [6.45, 7) is 1.89. The molecule has 2 N–H and O–H groups in total. The van der Waals surface area contributed by atoms with Gasteiger partial charge >= 0.3 is 5.97 Å². The Morgan fingerprint density at radius 3 is 2.88 bits per heavy atom. The summed E-state index contributed by atoms with van der Waals surface area (Å²) in [6.07, 6.45) is 0.614.